The van der Waals surface area contributed by atoms with Crippen LogP contribution >= 0.6 is 11.6 Å². The van der Waals surface area contributed by atoms with Crippen molar-refractivity contribution in [1.82, 2.24) is 15.3 Å². The van der Waals surface area contributed by atoms with Crippen molar-refractivity contribution in [3.05, 3.63) is 16.9 Å². The van der Waals surface area contributed by atoms with Crippen molar-refractivity contribution >= 4 is 23.6 Å². The van der Waals surface area contributed by atoms with Gasteiger partial charge in [0.25, 0.3) is 0 Å². The second-order valence-electron chi connectivity index (χ2n) is 6.56. The molecule has 7 heteroatoms. The molecule has 0 unspecified atom stereocenters. The van der Waals surface area contributed by atoms with Crippen molar-refractivity contribution in [3.63, 3.8) is 0 Å². The summed E-state index contributed by atoms with van der Waals surface area (Å²) < 4.78 is 5.19. The first-order valence-corrected chi connectivity index (χ1v) is 11.3. The molecule has 1 fully saturated rings. The predicted molar refractivity (Wildman–Crippen MR) is 130 cm³/mol. The number of terminal acetylenes is 1. The molecule has 0 saturated heterocycles. The summed E-state index contributed by atoms with van der Waals surface area (Å²) in [5, 5.41) is 3.13. The monoisotopic (exact) mass is 442 g/mol. The van der Waals surface area contributed by atoms with Gasteiger partial charge in [-0.05, 0) is 33.6 Å². The number of nitrogens with two attached hydrogens (primary N) is 1. The molecule has 0 spiro atoms. The molecule has 0 atom stereocenters. The molecule has 1 aliphatic rings. The van der Waals surface area contributed by atoms with Gasteiger partial charge in [0.2, 0.25) is 5.95 Å². The van der Waals surface area contributed by atoms with E-state index in [0.717, 1.165) is 12.8 Å². The highest BCUT2D eigenvalue weighted by atomic mass is 35.5. The molecule has 1 amide bonds. The average Bonchev–Trinajstić information content (AvgIpc) is 2.72. The van der Waals surface area contributed by atoms with Gasteiger partial charge in [0.15, 0.2) is 0 Å². The summed E-state index contributed by atoms with van der Waals surface area (Å²) >= 11 is 5.56. The fraction of sp³-hybridized carbons (Fsp3) is 0.696. The lowest BCUT2D eigenvalue weighted by atomic mass is 9.96. The van der Waals surface area contributed by atoms with Crippen LogP contribution in [0.5, 0.6) is 0 Å². The number of ether oxygens (including phenoxy) is 1. The molecule has 1 heterocycles. The number of nitrogen functional groups attached to an aromatic ring is 1. The summed E-state index contributed by atoms with van der Waals surface area (Å²) in [5.74, 6) is 2.44. The topological polar surface area (TPSA) is 90.1 Å². The highest BCUT2D eigenvalue weighted by Gasteiger charge is 2.20. The third-order valence-electron chi connectivity index (χ3n) is 3.24. The van der Waals surface area contributed by atoms with Crippen LogP contribution in [0.2, 0.25) is 5.15 Å². The van der Waals surface area contributed by atoms with Crippen LogP contribution in [0.1, 0.15) is 100.0 Å². The minimum atomic E-state index is -0.390. The van der Waals surface area contributed by atoms with Crippen LogP contribution < -0.4 is 11.1 Å². The molecular weight excluding hydrogens is 400 g/mol. The number of alkyl carbamates (subject to hydrolysis) is 1. The zero-order valence-electron chi connectivity index (χ0n) is 20.4. The van der Waals surface area contributed by atoms with E-state index in [0.29, 0.717) is 11.6 Å². The quantitative estimate of drug-likeness (QED) is 0.376. The number of rotatable bonds is 1. The van der Waals surface area contributed by atoms with Gasteiger partial charge in [-0.1, -0.05) is 78.3 Å². The van der Waals surface area contributed by atoms with Crippen LogP contribution in [0.4, 0.5) is 10.7 Å². The number of halogens is 1. The number of nitrogens with one attached hydrogen (secondary N) is 1. The van der Waals surface area contributed by atoms with Gasteiger partial charge in [-0.15, -0.1) is 6.42 Å². The van der Waals surface area contributed by atoms with Gasteiger partial charge in [-0.3, -0.25) is 0 Å². The molecule has 1 aromatic rings. The summed E-state index contributed by atoms with van der Waals surface area (Å²) in [6.45, 7) is 17.6. The van der Waals surface area contributed by atoms with E-state index in [9.17, 15) is 4.79 Å². The fourth-order valence-electron chi connectivity index (χ4n) is 2.19. The molecular formula is C23H43ClN4O2. The van der Waals surface area contributed by atoms with Crippen LogP contribution in [-0.2, 0) is 4.74 Å². The molecule has 174 valence electrons. The van der Waals surface area contributed by atoms with Crippen LogP contribution in [-0.4, -0.2) is 27.7 Å². The first kappa shape index (κ1) is 32.7. The van der Waals surface area contributed by atoms with Gasteiger partial charge >= 0.3 is 6.09 Å². The van der Waals surface area contributed by atoms with E-state index >= 15 is 0 Å². The largest absolute Gasteiger partial charge is 0.444 e. The average molecular weight is 443 g/mol. The molecule has 1 saturated carbocycles. The summed E-state index contributed by atoms with van der Waals surface area (Å²) in [7, 11) is 0. The van der Waals surface area contributed by atoms with Crippen molar-refractivity contribution in [1.29, 1.82) is 0 Å². The molecule has 6 nitrogen and oxygen atoms in total. The van der Waals surface area contributed by atoms with Crippen molar-refractivity contribution in [2.24, 2.45) is 0 Å². The maximum absolute atomic E-state index is 11.4. The third-order valence-corrected chi connectivity index (χ3v) is 3.53. The van der Waals surface area contributed by atoms with Gasteiger partial charge in [0, 0.05) is 12.2 Å². The third kappa shape index (κ3) is 18.1. The van der Waals surface area contributed by atoms with Gasteiger partial charge in [0.1, 0.15) is 10.8 Å². The number of hydrogen-bond acceptors (Lipinski definition) is 5. The Balaban J connectivity index is -0.000000400. The molecule has 0 bridgehead atoms. The Labute approximate surface area is 189 Å². The van der Waals surface area contributed by atoms with Crippen LogP contribution in [0.25, 0.3) is 0 Å². The molecule has 1 aromatic heterocycles. The molecule has 3 N–H and O–H groups in total. The van der Waals surface area contributed by atoms with E-state index in [1.807, 2.05) is 62.3 Å². The van der Waals surface area contributed by atoms with Gasteiger partial charge in [-0.2, -0.15) is 4.98 Å². The lowest BCUT2D eigenvalue weighted by molar-refractivity contribution is 0.0493. The normalized spacial score (nSPS) is 12.4. The summed E-state index contributed by atoms with van der Waals surface area (Å²) in [5.41, 5.74) is 5.27. The standard InChI is InChI=1S/C11H21NO2.C6H4ClN3.3C2H6/c1-11(2,3)14-10(13)12-9-7-5-4-6-8-9;1-2-4-3-9-6(8)10-5(4)7;3*1-2/h9H,4-8H2,1-3H3,(H,12,13);1,3H,(H2,8,9,10);3*1-2H3. The van der Waals surface area contributed by atoms with Crippen molar-refractivity contribution in [2.75, 3.05) is 5.73 Å². The SMILES string of the molecule is C#Cc1cnc(N)nc1Cl.CC.CC.CC.CC(C)(C)OC(=O)NC1CCCCC1. The Morgan fingerprint density at radius 3 is 2.07 bits per heavy atom. The number of anilines is 1. The zero-order valence-corrected chi connectivity index (χ0v) is 21.2. The van der Waals surface area contributed by atoms with E-state index in [1.54, 1.807) is 0 Å². The number of carbonyl (C=O) groups excluding carboxylic acids is 1. The highest BCUT2D eigenvalue weighted by Crippen LogP contribution is 2.18. The lowest BCUT2D eigenvalue weighted by Crippen LogP contribution is -2.39. The minimum Gasteiger partial charge on any atom is -0.444 e. The smallest absolute Gasteiger partial charge is 0.407 e. The van der Waals surface area contributed by atoms with Gasteiger partial charge in [0.05, 0.1) is 5.56 Å². The Hall–Kier alpha value is -2.00. The summed E-state index contributed by atoms with van der Waals surface area (Å²) in [4.78, 5) is 18.7. The first-order chi connectivity index (χ1) is 14.2. The molecule has 0 aromatic carbocycles. The highest BCUT2D eigenvalue weighted by molar-refractivity contribution is 6.30. The molecule has 2 rings (SSSR count). The fourth-order valence-corrected chi connectivity index (χ4v) is 2.38. The predicted octanol–water partition coefficient (Wildman–Crippen LogP) is 6.62. The Bertz CT molecular complexity index is 590. The van der Waals surface area contributed by atoms with Gasteiger partial charge in [-0.25, -0.2) is 9.78 Å². The van der Waals surface area contributed by atoms with Crippen molar-refractivity contribution in [3.8, 4) is 12.3 Å². The van der Waals surface area contributed by atoms with Crippen molar-refractivity contribution < 1.29 is 9.53 Å². The molecule has 30 heavy (non-hydrogen) atoms. The van der Waals surface area contributed by atoms with Crippen LogP contribution in [0.15, 0.2) is 6.20 Å². The Kier molecular flexibility index (Phi) is 22.1. The van der Waals surface area contributed by atoms with E-state index < -0.39 is 5.60 Å². The van der Waals surface area contributed by atoms with E-state index in [-0.39, 0.29) is 17.2 Å². The van der Waals surface area contributed by atoms with Crippen LogP contribution in [0, 0.1) is 12.3 Å². The second-order valence-corrected chi connectivity index (χ2v) is 6.92. The number of aromatic nitrogens is 2. The second kappa shape index (κ2) is 20.3. The molecule has 0 aliphatic heterocycles. The van der Waals surface area contributed by atoms with Crippen LogP contribution in [0.3, 0.4) is 0 Å². The first-order valence-electron chi connectivity index (χ1n) is 11.0. The van der Waals surface area contributed by atoms with Gasteiger partial charge < -0.3 is 15.8 Å². The maximum Gasteiger partial charge on any atom is 0.407 e. The molecule has 1 aliphatic carbocycles. The number of hydrogen-bond donors (Lipinski definition) is 2. The molecule has 0 radical (unpaired) electrons. The van der Waals surface area contributed by atoms with E-state index in [2.05, 4.69) is 21.2 Å². The Morgan fingerprint density at radius 1 is 1.17 bits per heavy atom. The Morgan fingerprint density at radius 2 is 1.67 bits per heavy atom. The summed E-state index contributed by atoms with van der Waals surface area (Å²) in [6, 6.07) is 0.332. The summed E-state index contributed by atoms with van der Waals surface area (Å²) in [6.07, 6.45) is 12.1. The number of amides is 1. The van der Waals surface area contributed by atoms with E-state index in [4.69, 9.17) is 28.5 Å². The number of carbonyl (C=O) groups is 1. The zero-order chi connectivity index (χ0) is 24.2. The maximum atomic E-state index is 11.4. The van der Waals surface area contributed by atoms with E-state index in [1.165, 1.54) is 25.5 Å². The lowest BCUT2D eigenvalue weighted by Gasteiger charge is -2.25. The number of nitrogens with zero attached hydrogens (tertiary/aromatic N) is 2. The van der Waals surface area contributed by atoms with Crippen molar-refractivity contribution in [2.45, 2.75) is 106 Å². The minimum absolute atomic E-state index is 0.129.